The van der Waals surface area contributed by atoms with E-state index in [9.17, 15) is 8.42 Å². The van der Waals surface area contributed by atoms with E-state index in [2.05, 4.69) is 0 Å². The molecule has 0 aromatic rings. The van der Waals surface area contributed by atoms with Crippen LogP contribution in [0, 0.1) is 0 Å². The summed E-state index contributed by atoms with van der Waals surface area (Å²) in [6, 6.07) is 0. The molecule has 0 spiro atoms. The SMILES string of the molecule is COCC1(N)CCCS(=O)(=O)C1. The van der Waals surface area contributed by atoms with Gasteiger partial charge in [0.05, 0.1) is 23.7 Å². The second-order valence-corrected chi connectivity index (χ2v) is 5.68. The van der Waals surface area contributed by atoms with Crippen LogP contribution >= 0.6 is 0 Å². The third-order valence-corrected chi connectivity index (χ3v) is 3.99. The highest BCUT2D eigenvalue weighted by Crippen LogP contribution is 2.20. The molecule has 1 aliphatic rings. The van der Waals surface area contributed by atoms with Crippen LogP contribution in [0.3, 0.4) is 0 Å². The van der Waals surface area contributed by atoms with Gasteiger partial charge in [0.15, 0.2) is 9.84 Å². The highest BCUT2D eigenvalue weighted by Gasteiger charge is 2.35. The minimum atomic E-state index is -2.92. The molecule has 1 fully saturated rings. The molecular weight excluding hydrogens is 178 g/mol. The van der Waals surface area contributed by atoms with Gasteiger partial charge in [0.25, 0.3) is 0 Å². The second-order valence-electron chi connectivity index (χ2n) is 3.49. The largest absolute Gasteiger partial charge is 0.383 e. The van der Waals surface area contributed by atoms with Gasteiger partial charge in [-0.2, -0.15) is 0 Å². The lowest BCUT2D eigenvalue weighted by Crippen LogP contribution is -2.53. The number of hydrogen-bond donors (Lipinski definition) is 1. The molecule has 4 nitrogen and oxygen atoms in total. The topological polar surface area (TPSA) is 69.4 Å². The third-order valence-electron chi connectivity index (χ3n) is 2.07. The maximum absolute atomic E-state index is 11.2. The van der Waals surface area contributed by atoms with Gasteiger partial charge in [0.2, 0.25) is 0 Å². The van der Waals surface area contributed by atoms with Gasteiger partial charge < -0.3 is 10.5 Å². The van der Waals surface area contributed by atoms with Crippen molar-refractivity contribution >= 4 is 9.84 Å². The van der Waals surface area contributed by atoms with E-state index in [-0.39, 0.29) is 11.5 Å². The molecule has 0 aromatic carbocycles. The molecule has 12 heavy (non-hydrogen) atoms. The fraction of sp³-hybridized carbons (Fsp3) is 1.00. The van der Waals surface area contributed by atoms with Crippen LogP contribution in [0.15, 0.2) is 0 Å². The van der Waals surface area contributed by atoms with E-state index >= 15 is 0 Å². The number of rotatable bonds is 2. The highest BCUT2D eigenvalue weighted by atomic mass is 32.2. The Hall–Kier alpha value is -0.130. The van der Waals surface area contributed by atoms with Gasteiger partial charge in [-0.15, -0.1) is 0 Å². The van der Waals surface area contributed by atoms with Crippen LogP contribution in [-0.2, 0) is 14.6 Å². The van der Waals surface area contributed by atoms with Gasteiger partial charge in [-0.1, -0.05) is 0 Å². The Labute approximate surface area is 73.0 Å². The smallest absolute Gasteiger partial charge is 0.152 e. The summed E-state index contributed by atoms with van der Waals surface area (Å²) in [6.45, 7) is 0.326. The second kappa shape index (κ2) is 3.32. The summed E-state index contributed by atoms with van der Waals surface area (Å²) in [6.07, 6.45) is 1.39. The molecule has 1 rings (SSSR count). The van der Waals surface area contributed by atoms with Gasteiger partial charge >= 0.3 is 0 Å². The first-order chi connectivity index (χ1) is 5.47. The van der Waals surface area contributed by atoms with Gasteiger partial charge in [0, 0.05) is 7.11 Å². The molecule has 0 saturated carbocycles. The predicted molar refractivity (Wildman–Crippen MR) is 46.7 cm³/mol. The van der Waals surface area contributed by atoms with Crippen molar-refractivity contribution < 1.29 is 13.2 Å². The van der Waals surface area contributed by atoms with Gasteiger partial charge in [-0.25, -0.2) is 8.42 Å². The molecular formula is C7H15NO3S. The van der Waals surface area contributed by atoms with Crippen molar-refractivity contribution in [2.24, 2.45) is 5.73 Å². The van der Waals surface area contributed by atoms with Crippen LogP contribution in [0.1, 0.15) is 12.8 Å². The summed E-state index contributed by atoms with van der Waals surface area (Å²) in [4.78, 5) is 0. The molecule has 1 atom stereocenters. The van der Waals surface area contributed by atoms with Crippen molar-refractivity contribution in [1.82, 2.24) is 0 Å². The monoisotopic (exact) mass is 193 g/mol. The Morgan fingerprint density at radius 1 is 1.58 bits per heavy atom. The Morgan fingerprint density at radius 2 is 2.25 bits per heavy atom. The summed E-state index contributed by atoms with van der Waals surface area (Å²) >= 11 is 0. The molecule has 0 bridgehead atoms. The summed E-state index contributed by atoms with van der Waals surface area (Å²) in [5.41, 5.74) is 5.19. The first-order valence-corrected chi connectivity index (χ1v) is 5.78. The number of nitrogens with two attached hydrogens (primary N) is 1. The van der Waals surface area contributed by atoms with Crippen LogP contribution in [0.5, 0.6) is 0 Å². The van der Waals surface area contributed by atoms with Crippen LogP contribution in [0.2, 0.25) is 0 Å². The van der Waals surface area contributed by atoms with Crippen LogP contribution < -0.4 is 5.73 Å². The third kappa shape index (κ3) is 2.43. The van der Waals surface area contributed by atoms with Gasteiger partial charge in [-0.3, -0.25) is 0 Å². The van der Waals surface area contributed by atoms with Crippen molar-refractivity contribution in [3.63, 3.8) is 0 Å². The zero-order valence-corrected chi connectivity index (χ0v) is 8.06. The zero-order chi connectivity index (χ0) is 9.24. The van der Waals surface area contributed by atoms with Crippen molar-refractivity contribution in [2.45, 2.75) is 18.4 Å². The maximum atomic E-state index is 11.2. The van der Waals surface area contributed by atoms with Crippen LogP contribution in [-0.4, -0.2) is 39.2 Å². The Bertz CT molecular complexity index is 245. The lowest BCUT2D eigenvalue weighted by molar-refractivity contribution is 0.135. The van der Waals surface area contributed by atoms with E-state index in [0.29, 0.717) is 13.0 Å². The molecule has 2 N–H and O–H groups in total. The molecule has 0 aliphatic carbocycles. The van der Waals surface area contributed by atoms with Gasteiger partial charge in [-0.05, 0) is 12.8 Å². The van der Waals surface area contributed by atoms with E-state index in [1.54, 1.807) is 0 Å². The predicted octanol–water partition coefficient (Wildman–Crippen LogP) is -0.461. The zero-order valence-electron chi connectivity index (χ0n) is 7.25. The molecule has 1 aliphatic heterocycles. The molecule has 1 heterocycles. The van der Waals surface area contributed by atoms with Crippen molar-refractivity contribution in [2.75, 3.05) is 25.2 Å². The Morgan fingerprint density at radius 3 is 2.75 bits per heavy atom. The van der Waals surface area contributed by atoms with E-state index in [0.717, 1.165) is 6.42 Å². The normalized spacial score (nSPS) is 34.8. The Balaban J connectivity index is 2.68. The van der Waals surface area contributed by atoms with Crippen LogP contribution in [0.4, 0.5) is 0 Å². The van der Waals surface area contributed by atoms with E-state index in [1.807, 2.05) is 0 Å². The molecule has 0 radical (unpaired) electrons. The lowest BCUT2D eigenvalue weighted by atomic mass is 9.98. The van der Waals surface area contributed by atoms with Crippen molar-refractivity contribution in [3.8, 4) is 0 Å². The molecule has 1 saturated heterocycles. The van der Waals surface area contributed by atoms with E-state index < -0.39 is 15.4 Å². The molecule has 1 unspecified atom stereocenters. The van der Waals surface area contributed by atoms with Crippen molar-refractivity contribution in [1.29, 1.82) is 0 Å². The fourth-order valence-corrected chi connectivity index (χ4v) is 3.46. The maximum Gasteiger partial charge on any atom is 0.152 e. The first kappa shape index (κ1) is 9.95. The number of ether oxygens (including phenoxy) is 1. The van der Waals surface area contributed by atoms with E-state index in [4.69, 9.17) is 10.5 Å². The lowest BCUT2D eigenvalue weighted by Gasteiger charge is -2.31. The Kier molecular flexibility index (Phi) is 2.75. The molecule has 5 heteroatoms. The standard InChI is InChI=1S/C7H15NO3S/c1-11-5-7(8)3-2-4-12(9,10)6-7/h2-6,8H2,1H3. The molecule has 72 valence electrons. The summed E-state index contributed by atoms with van der Waals surface area (Å²) in [5.74, 6) is 0.337. The first-order valence-electron chi connectivity index (χ1n) is 3.96. The number of sulfone groups is 1. The highest BCUT2D eigenvalue weighted by molar-refractivity contribution is 7.91. The average Bonchev–Trinajstić information content (AvgIpc) is 1.83. The minimum absolute atomic E-state index is 0.0633. The fourth-order valence-electron chi connectivity index (χ4n) is 1.63. The summed E-state index contributed by atoms with van der Waals surface area (Å²) in [7, 11) is -1.38. The number of methoxy groups -OCH3 is 1. The minimum Gasteiger partial charge on any atom is -0.383 e. The average molecular weight is 193 g/mol. The summed E-state index contributed by atoms with van der Waals surface area (Å²) in [5, 5.41) is 0. The quantitative estimate of drug-likeness (QED) is 0.644. The van der Waals surface area contributed by atoms with Crippen molar-refractivity contribution in [3.05, 3.63) is 0 Å². The molecule has 0 amide bonds. The number of hydrogen-bond acceptors (Lipinski definition) is 4. The van der Waals surface area contributed by atoms with Gasteiger partial charge in [0.1, 0.15) is 0 Å². The van der Waals surface area contributed by atoms with Crippen LogP contribution in [0.25, 0.3) is 0 Å². The molecule has 0 aromatic heterocycles. The summed E-state index contributed by atoms with van der Waals surface area (Å²) < 4.78 is 27.3. The van der Waals surface area contributed by atoms with E-state index in [1.165, 1.54) is 7.11 Å².